The van der Waals surface area contributed by atoms with E-state index in [1.807, 2.05) is 11.9 Å². The van der Waals surface area contributed by atoms with E-state index in [1.165, 1.54) is 0 Å². The van der Waals surface area contributed by atoms with Gasteiger partial charge in [0.05, 0.1) is 12.3 Å². The molecule has 19 heavy (non-hydrogen) atoms. The molecule has 0 amide bonds. The molecule has 2 N–H and O–H groups in total. The van der Waals surface area contributed by atoms with E-state index in [0.29, 0.717) is 13.1 Å². The van der Waals surface area contributed by atoms with Crippen molar-refractivity contribution in [2.24, 2.45) is 0 Å². The van der Waals surface area contributed by atoms with Crippen LogP contribution >= 0.6 is 0 Å². The summed E-state index contributed by atoms with van der Waals surface area (Å²) in [5, 5.41) is 3.24. The van der Waals surface area contributed by atoms with Crippen molar-refractivity contribution in [1.29, 1.82) is 0 Å². The molecule has 1 aromatic rings. The van der Waals surface area contributed by atoms with Crippen molar-refractivity contribution in [1.82, 2.24) is 14.9 Å². The number of hydrogen-bond acceptors (Lipinski definition) is 4. The molecule has 1 saturated heterocycles. The normalized spacial score (nSPS) is 20.6. The van der Waals surface area contributed by atoms with Crippen LogP contribution in [0.3, 0.4) is 0 Å². The molecule has 0 spiro atoms. The van der Waals surface area contributed by atoms with Crippen LogP contribution in [0.4, 0.5) is 4.39 Å². The van der Waals surface area contributed by atoms with Gasteiger partial charge in [-0.05, 0) is 19.8 Å². The lowest BCUT2D eigenvalue weighted by atomic mass is 10.1. The maximum absolute atomic E-state index is 13.0. The van der Waals surface area contributed by atoms with Crippen LogP contribution in [0.25, 0.3) is 0 Å². The first-order valence-corrected chi connectivity index (χ1v) is 6.42. The Hall–Kier alpha value is -1.47. The van der Waals surface area contributed by atoms with Crippen LogP contribution in [-0.4, -0.2) is 34.8 Å². The Morgan fingerprint density at radius 3 is 3.11 bits per heavy atom. The molecule has 106 valence electrons. The summed E-state index contributed by atoms with van der Waals surface area (Å²) >= 11 is 0. The number of hydrogen-bond donors (Lipinski definition) is 2. The van der Waals surface area contributed by atoms with Gasteiger partial charge < -0.3 is 10.1 Å². The minimum Gasteiger partial charge on any atom is -0.377 e. The summed E-state index contributed by atoms with van der Waals surface area (Å²) in [6, 6.07) is 0.186. The molecular weight excluding hydrogens is 253 g/mol. The van der Waals surface area contributed by atoms with Gasteiger partial charge in [-0.25, -0.2) is 4.79 Å². The highest BCUT2D eigenvalue weighted by molar-refractivity contribution is 4.87. The van der Waals surface area contributed by atoms with Gasteiger partial charge in [-0.2, -0.15) is 4.39 Å². The summed E-state index contributed by atoms with van der Waals surface area (Å²) in [6.07, 6.45) is 3.23. The second-order valence-electron chi connectivity index (χ2n) is 4.72. The monoisotopic (exact) mass is 271 g/mol. The SMILES string of the molecule is CC(NCCn1cc(F)c(=O)[nH]c1=O)C1CCCO1. The van der Waals surface area contributed by atoms with Gasteiger partial charge in [-0.1, -0.05) is 0 Å². The molecule has 0 radical (unpaired) electrons. The van der Waals surface area contributed by atoms with Crippen molar-refractivity contribution >= 4 is 0 Å². The van der Waals surface area contributed by atoms with Crippen LogP contribution in [-0.2, 0) is 11.3 Å². The van der Waals surface area contributed by atoms with Gasteiger partial charge in [0.15, 0.2) is 0 Å². The van der Waals surface area contributed by atoms with Crippen LogP contribution in [0, 0.1) is 5.82 Å². The lowest BCUT2D eigenvalue weighted by Crippen LogP contribution is -2.40. The number of aromatic nitrogens is 2. The molecular formula is C12H18FN3O3. The predicted molar refractivity (Wildman–Crippen MR) is 67.7 cm³/mol. The fourth-order valence-electron chi connectivity index (χ4n) is 2.19. The van der Waals surface area contributed by atoms with Crippen LogP contribution in [0.1, 0.15) is 19.8 Å². The lowest BCUT2D eigenvalue weighted by molar-refractivity contribution is 0.0834. The number of H-pyrrole nitrogens is 1. The second-order valence-corrected chi connectivity index (χ2v) is 4.72. The summed E-state index contributed by atoms with van der Waals surface area (Å²) in [5.74, 6) is -0.952. The number of nitrogens with one attached hydrogen (secondary N) is 2. The van der Waals surface area contributed by atoms with E-state index in [4.69, 9.17) is 4.74 Å². The smallest absolute Gasteiger partial charge is 0.328 e. The summed E-state index contributed by atoms with van der Waals surface area (Å²) in [5.41, 5.74) is -1.58. The van der Waals surface area contributed by atoms with E-state index >= 15 is 0 Å². The molecule has 1 aromatic heterocycles. The Balaban J connectivity index is 1.87. The van der Waals surface area contributed by atoms with E-state index in [0.717, 1.165) is 30.2 Å². The highest BCUT2D eigenvalue weighted by atomic mass is 19.1. The fourth-order valence-corrected chi connectivity index (χ4v) is 2.19. The maximum Gasteiger partial charge on any atom is 0.328 e. The minimum absolute atomic E-state index is 0.186. The van der Waals surface area contributed by atoms with Crippen molar-refractivity contribution in [3.05, 3.63) is 32.9 Å². The molecule has 1 aliphatic heterocycles. The van der Waals surface area contributed by atoms with Crippen LogP contribution in [0.15, 0.2) is 15.8 Å². The van der Waals surface area contributed by atoms with Crippen molar-refractivity contribution in [3.63, 3.8) is 0 Å². The predicted octanol–water partition coefficient (Wildman–Crippen LogP) is -0.167. The Kier molecular flexibility index (Phi) is 4.49. The van der Waals surface area contributed by atoms with Gasteiger partial charge in [-0.3, -0.25) is 14.3 Å². The quantitative estimate of drug-likeness (QED) is 0.780. The molecule has 2 unspecified atom stereocenters. The van der Waals surface area contributed by atoms with E-state index < -0.39 is 17.1 Å². The second kappa shape index (κ2) is 6.12. The Bertz CT molecular complexity index is 534. The zero-order valence-electron chi connectivity index (χ0n) is 10.8. The third-order valence-corrected chi connectivity index (χ3v) is 3.31. The maximum atomic E-state index is 13.0. The van der Waals surface area contributed by atoms with Crippen molar-refractivity contribution in [3.8, 4) is 0 Å². The van der Waals surface area contributed by atoms with Gasteiger partial charge in [0.2, 0.25) is 5.82 Å². The van der Waals surface area contributed by atoms with Gasteiger partial charge in [0.1, 0.15) is 0 Å². The Morgan fingerprint density at radius 2 is 2.42 bits per heavy atom. The summed E-state index contributed by atoms with van der Waals surface area (Å²) in [6.45, 7) is 3.61. The molecule has 1 fully saturated rings. The van der Waals surface area contributed by atoms with Gasteiger partial charge >= 0.3 is 5.69 Å². The Labute approximate surface area is 109 Å². The van der Waals surface area contributed by atoms with Gasteiger partial charge in [0, 0.05) is 25.7 Å². The number of ether oxygens (including phenoxy) is 1. The van der Waals surface area contributed by atoms with Crippen LogP contribution < -0.4 is 16.6 Å². The van der Waals surface area contributed by atoms with Crippen LogP contribution in [0.2, 0.25) is 0 Å². The lowest BCUT2D eigenvalue weighted by Gasteiger charge is -2.20. The van der Waals surface area contributed by atoms with E-state index in [2.05, 4.69) is 5.32 Å². The van der Waals surface area contributed by atoms with E-state index in [-0.39, 0.29) is 12.1 Å². The fraction of sp³-hybridized carbons (Fsp3) is 0.667. The number of halogens is 1. The average molecular weight is 271 g/mol. The third-order valence-electron chi connectivity index (χ3n) is 3.31. The van der Waals surface area contributed by atoms with Gasteiger partial charge in [0.25, 0.3) is 5.56 Å². The topological polar surface area (TPSA) is 76.1 Å². The highest BCUT2D eigenvalue weighted by Gasteiger charge is 2.21. The first-order valence-electron chi connectivity index (χ1n) is 6.42. The standard InChI is InChI=1S/C12H18FN3O3/c1-8(10-3-2-6-19-10)14-4-5-16-7-9(13)11(17)15-12(16)18/h7-8,10,14H,2-6H2,1H3,(H,15,17,18). The summed E-state index contributed by atoms with van der Waals surface area (Å²) < 4.78 is 19.7. The molecule has 0 aromatic carbocycles. The van der Waals surface area contributed by atoms with Crippen LogP contribution in [0.5, 0.6) is 0 Å². The van der Waals surface area contributed by atoms with Crippen molar-refractivity contribution in [2.45, 2.75) is 38.5 Å². The molecule has 0 saturated carbocycles. The number of aromatic amines is 1. The highest BCUT2D eigenvalue weighted by Crippen LogP contribution is 2.14. The number of rotatable bonds is 5. The zero-order valence-corrected chi connectivity index (χ0v) is 10.8. The number of nitrogens with zero attached hydrogens (tertiary/aromatic N) is 1. The minimum atomic E-state index is -0.984. The zero-order chi connectivity index (χ0) is 13.8. The third kappa shape index (κ3) is 3.51. The molecule has 0 bridgehead atoms. The van der Waals surface area contributed by atoms with E-state index in [1.54, 1.807) is 0 Å². The van der Waals surface area contributed by atoms with Crippen molar-refractivity contribution < 1.29 is 9.13 Å². The molecule has 2 rings (SSSR count). The molecule has 7 heteroatoms. The van der Waals surface area contributed by atoms with E-state index in [9.17, 15) is 14.0 Å². The average Bonchev–Trinajstić information content (AvgIpc) is 2.89. The van der Waals surface area contributed by atoms with Gasteiger partial charge in [-0.15, -0.1) is 0 Å². The first kappa shape index (κ1) is 14.0. The molecule has 1 aliphatic rings. The Morgan fingerprint density at radius 1 is 1.63 bits per heavy atom. The molecule has 2 atom stereocenters. The molecule has 2 heterocycles. The summed E-state index contributed by atoms with van der Waals surface area (Å²) in [7, 11) is 0. The van der Waals surface area contributed by atoms with Crippen molar-refractivity contribution in [2.75, 3.05) is 13.2 Å². The summed E-state index contributed by atoms with van der Waals surface area (Å²) in [4.78, 5) is 24.2. The molecule has 0 aliphatic carbocycles. The molecule has 6 nitrogen and oxygen atoms in total. The first-order chi connectivity index (χ1) is 9.08. The largest absolute Gasteiger partial charge is 0.377 e.